The fraction of sp³-hybridized carbons (Fsp3) is 0.846. The summed E-state index contributed by atoms with van der Waals surface area (Å²) in [4.78, 5) is 4.43. The first-order valence-electron chi connectivity index (χ1n) is 6.79. The minimum absolute atomic E-state index is 0.0243. The molecule has 102 valence electrons. The Morgan fingerprint density at radius 3 is 2.83 bits per heavy atom. The van der Waals surface area contributed by atoms with Crippen LogP contribution in [0.3, 0.4) is 0 Å². The van der Waals surface area contributed by atoms with E-state index in [1.165, 1.54) is 12.8 Å². The van der Waals surface area contributed by atoms with Crippen molar-refractivity contribution in [2.24, 2.45) is 5.92 Å². The van der Waals surface area contributed by atoms with Gasteiger partial charge in [-0.25, -0.2) is 0 Å². The number of rotatable bonds is 8. The van der Waals surface area contributed by atoms with Crippen molar-refractivity contribution < 1.29 is 9.26 Å². The molecule has 0 aromatic carbocycles. The third-order valence-electron chi connectivity index (χ3n) is 3.16. The molecule has 5 heteroatoms. The topological polar surface area (TPSA) is 60.2 Å². The standard InChI is InChI=1S/C13H23N3O2/c1-9(2)14-8-4-5-11-15-13(16-18-11)12(17-3)10-6-7-10/h9-10,12,14H,4-8H2,1-3H3. The Balaban J connectivity index is 1.78. The fourth-order valence-corrected chi connectivity index (χ4v) is 2.02. The van der Waals surface area contributed by atoms with Crippen LogP contribution in [0.4, 0.5) is 0 Å². The van der Waals surface area contributed by atoms with Crippen LogP contribution < -0.4 is 5.32 Å². The monoisotopic (exact) mass is 253 g/mol. The largest absolute Gasteiger partial charge is 0.373 e. The van der Waals surface area contributed by atoms with Gasteiger partial charge in [-0.05, 0) is 31.7 Å². The Bertz CT molecular complexity index is 361. The molecule has 1 aromatic rings. The molecule has 18 heavy (non-hydrogen) atoms. The average Bonchev–Trinajstić information content (AvgIpc) is 3.05. The molecular formula is C13H23N3O2. The van der Waals surface area contributed by atoms with Gasteiger partial charge in [0, 0.05) is 19.6 Å². The first kappa shape index (κ1) is 13.5. The second-order valence-corrected chi connectivity index (χ2v) is 5.25. The van der Waals surface area contributed by atoms with Crippen LogP contribution in [0, 0.1) is 5.92 Å². The second-order valence-electron chi connectivity index (χ2n) is 5.25. The Morgan fingerprint density at radius 1 is 1.44 bits per heavy atom. The first-order chi connectivity index (χ1) is 8.70. The van der Waals surface area contributed by atoms with Crippen molar-refractivity contribution >= 4 is 0 Å². The highest BCUT2D eigenvalue weighted by Crippen LogP contribution is 2.41. The summed E-state index contributed by atoms with van der Waals surface area (Å²) in [6, 6.07) is 0.524. The summed E-state index contributed by atoms with van der Waals surface area (Å²) < 4.78 is 10.7. The van der Waals surface area contributed by atoms with Gasteiger partial charge in [-0.1, -0.05) is 19.0 Å². The van der Waals surface area contributed by atoms with Gasteiger partial charge >= 0.3 is 0 Å². The molecule has 1 N–H and O–H groups in total. The minimum Gasteiger partial charge on any atom is -0.373 e. The second kappa shape index (κ2) is 6.29. The first-order valence-corrected chi connectivity index (χ1v) is 6.79. The van der Waals surface area contributed by atoms with Gasteiger partial charge in [-0.15, -0.1) is 0 Å². The Hall–Kier alpha value is -0.940. The van der Waals surface area contributed by atoms with Gasteiger partial charge in [0.1, 0.15) is 6.10 Å². The lowest BCUT2D eigenvalue weighted by atomic mass is 10.2. The molecule has 1 saturated carbocycles. The van der Waals surface area contributed by atoms with Gasteiger partial charge in [0.2, 0.25) is 11.7 Å². The van der Waals surface area contributed by atoms with E-state index in [4.69, 9.17) is 9.26 Å². The molecule has 0 bridgehead atoms. The molecule has 2 rings (SSSR count). The molecule has 0 radical (unpaired) electrons. The summed E-state index contributed by atoms with van der Waals surface area (Å²) in [7, 11) is 1.71. The fourth-order valence-electron chi connectivity index (χ4n) is 2.02. The molecule has 1 aliphatic carbocycles. The number of nitrogens with zero attached hydrogens (tertiary/aromatic N) is 2. The van der Waals surface area contributed by atoms with Crippen LogP contribution in [0.5, 0.6) is 0 Å². The van der Waals surface area contributed by atoms with Crippen LogP contribution in [0.15, 0.2) is 4.52 Å². The van der Waals surface area contributed by atoms with Crippen LogP contribution in [0.25, 0.3) is 0 Å². The normalized spacial score (nSPS) is 17.3. The average molecular weight is 253 g/mol. The molecule has 0 spiro atoms. The predicted octanol–water partition coefficient (Wildman–Crippen LogP) is 2.10. The van der Waals surface area contributed by atoms with Crippen molar-refractivity contribution in [3.63, 3.8) is 0 Å². The highest BCUT2D eigenvalue weighted by atomic mass is 16.5. The molecule has 1 aliphatic rings. The SMILES string of the molecule is COC(c1noc(CCCNC(C)C)n1)C1CC1. The quantitative estimate of drug-likeness (QED) is 0.719. The number of methoxy groups -OCH3 is 1. The lowest BCUT2D eigenvalue weighted by Crippen LogP contribution is -2.23. The van der Waals surface area contributed by atoms with Crippen molar-refractivity contribution in [2.45, 2.75) is 51.7 Å². The van der Waals surface area contributed by atoms with Gasteiger partial charge in [0.05, 0.1) is 0 Å². The molecule has 1 unspecified atom stereocenters. The van der Waals surface area contributed by atoms with Crippen LogP contribution in [0.2, 0.25) is 0 Å². The van der Waals surface area contributed by atoms with Gasteiger partial charge < -0.3 is 14.6 Å². The number of ether oxygens (including phenoxy) is 1. The number of hydrogen-bond acceptors (Lipinski definition) is 5. The lowest BCUT2D eigenvalue weighted by Gasteiger charge is -2.08. The van der Waals surface area contributed by atoms with Crippen molar-refractivity contribution in [1.29, 1.82) is 0 Å². The predicted molar refractivity (Wildman–Crippen MR) is 68.2 cm³/mol. The highest BCUT2D eigenvalue weighted by Gasteiger charge is 2.35. The van der Waals surface area contributed by atoms with Gasteiger partial charge in [0.25, 0.3) is 0 Å². The Kier molecular flexibility index (Phi) is 4.72. The lowest BCUT2D eigenvalue weighted by molar-refractivity contribution is 0.0751. The third-order valence-corrected chi connectivity index (χ3v) is 3.16. The van der Waals surface area contributed by atoms with E-state index >= 15 is 0 Å². The van der Waals surface area contributed by atoms with Crippen LogP contribution in [-0.2, 0) is 11.2 Å². The molecule has 0 amide bonds. The smallest absolute Gasteiger partial charge is 0.226 e. The van der Waals surface area contributed by atoms with Gasteiger partial charge in [-0.3, -0.25) is 0 Å². The summed E-state index contributed by atoms with van der Waals surface area (Å²) in [6.45, 7) is 5.26. The maximum absolute atomic E-state index is 5.43. The van der Waals surface area contributed by atoms with E-state index < -0.39 is 0 Å². The zero-order chi connectivity index (χ0) is 13.0. The molecule has 5 nitrogen and oxygen atoms in total. The summed E-state index contributed by atoms with van der Waals surface area (Å²) in [5, 5.41) is 7.40. The number of aromatic nitrogens is 2. The molecular weight excluding hydrogens is 230 g/mol. The summed E-state index contributed by atoms with van der Waals surface area (Å²) in [6.07, 6.45) is 4.28. The van der Waals surface area contributed by atoms with Crippen LogP contribution >= 0.6 is 0 Å². The molecule has 1 fully saturated rings. The van der Waals surface area contributed by atoms with E-state index in [-0.39, 0.29) is 6.10 Å². The molecule has 1 atom stereocenters. The van der Waals surface area contributed by atoms with Crippen molar-refractivity contribution in [1.82, 2.24) is 15.5 Å². The summed E-state index contributed by atoms with van der Waals surface area (Å²) in [5.74, 6) is 2.02. The maximum Gasteiger partial charge on any atom is 0.226 e. The van der Waals surface area contributed by atoms with Gasteiger partial charge in [-0.2, -0.15) is 4.98 Å². The summed E-state index contributed by atoms with van der Waals surface area (Å²) >= 11 is 0. The van der Waals surface area contributed by atoms with E-state index in [2.05, 4.69) is 29.3 Å². The molecule has 0 aliphatic heterocycles. The highest BCUT2D eigenvalue weighted by molar-refractivity contribution is 4.98. The number of aryl methyl sites for hydroxylation is 1. The Labute approximate surface area is 108 Å². The molecule has 0 saturated heterocycles. The van der Waals surface area contributed by atoms with E-state index in [0.29, 0.717) is 17.8 Å². The molecule has 1 heterocycles. The zero-order valence-corrected chi connectivity index (χ0v) is 11.5. The number of hydrogen-bond donors (Lipinski definition) is 1. The van der Waals surface area contributed by atoms with E-state index in [9.17, 15) is 0 Å². The third kappa shape index (κ3) is 3.78. The van der Waals surface area contributed by atoms with Gasteiger partial charge in [0.15, 0.2) is 0 Å². The van der Waals surface area contributed by atoms with E-state index in [1.807, 2.05) is 0 Å². The minimum atomic E-state index is 0.0243. The molecule has 1 aromatic heterocycles. The number of nitrogens with one attached hydrogen (secondary N) is 1. The van der Waals surface area contributed by atoms with E-state index in [0.717, 1.165) is 25.3 Å². The van der Waals surface area contributed by atoms with Crippen molar-refractivity contribution in [3.8, 4) is 0 Å². The maximum atomic E-state index is 5.43. The van der Waals surface area contributed by atoms with Crippen molar-refractivity contribution in [2.75, 3.05) is 13.7 Å². The zero-order valence-electron chi connectivity index (χ0n) is 11.5. The summed E-state index contributed by atoms with van der Waals surface area (Å²) in [5.41, 5.74) is 0. The van der Waals surface area contributed by atoms with Crippen molar-refractivity contribution in [3.05, 3.63) is 11.7 Å². The Morgan fingerprint density at radius 2 is 2.22 bits per heavy atom. The van der Waals surface area contributed by atoms with E-state index in [1.54, 1.807) is 7.11 Å². The van der Waals surface area contributed by atoms with Crippen LogP contribution in [0.1, 0.15) is 50.9 Å². The van der Waals surface area contributed by atoms with Crippen LogP contribution in [-0.4, -0.2) is 29.8 Å².